The maximum absolute atomic E-state index is 13.6. The molecule has 4 rings (SSSR count). The van der Waals surface area contributed by atoms with Crippen molar-refractivity contribution in [2.75, 3.05) is 11.9 Å². The molecule has 4 aromatic rings. The first kappa shape index (κ1) is 32.1. The van der Waals surface area contributed by atoms with Crippen LogP contribution in [0.1, 0.15) is 24.0 Å². The fourth-order valence-electron chi connectivity index (χ4n) is 3.74. The number of sulfonamides is 1. The van der Waals surface area contributed by atoms with E-state index in [1.165, 1.54) is 40.9 Å². The van der Waals surface area contributed by atoms with E-state index in [9.17, 15) is 18.0 Å². The average Bonchev–Trinajstić information content (AvgIpc) is 3.43. The lowest BCUT2D eigenvalue weighted by atomic mass is 10.2. The Bertz CT molecular complexity index is 1730. The maximum atomic E-state index is 13.6. The average molecular weight is 664 g/mol. The van der Waals surface area contributed by atoms with Crippen molar-refractivity contribution >= 4 is 68.5 Å². The van der Waals surface area contributed by atoms with Gasteiger partial charge in [-0.3, -0.25) is 9.59 Å². The summed E-state index contributed by atoms with van der Waals surface area (Å²) in [4.78, 5) is 24.4. The summed E-state index contributed by atoms with van der Waals surface area (Å²) < 4.78 is 39.4. The molecule has 0 unspecified atom stereocenters. The molecule has 10 nitrogen and oxygen atoms in total. The second kappa shape index (κ2) is 14.5. The molecule has 0 aliphatic rings. The van der Waals surface area contributed by atoms with Crippen LogP contribution in [0.25, 0.3) is 0 Å². The van der Waals surface area contributed by atoms with Crippen LogP contribution >= 0.6 is 34.8 Å². The van der Waals surface area contributed by atoms with E-state index in [2.05, 4.69) is 15.8 Å². The Morgan fingerprint density at radius 1 is 0.907 bits per heavy atom. The summed E-state index contributed by atoms with van der Waals surface area (Å²) in [6, 6.07) is 20.3. The summed E-state index contributed by atoms with van der Waals surface area (Å²) in [6.07, 6.45) is 1.18. The summed E-state index contributed by atoms with van der Waals surface area (Å²) in [6.45, 7) is 2.18. The number of nitrogens with one attached hydrogen (secondary N) is 2. The van der Waals surface area contributed by atoms with Crippen molar-refractivity contribution in [2.45, 2.75) is 24.9 Å². The van der Waals surface area contributed by atoms with E-state index in [4.69, 9.17) is 44.0 Å². The molecule has 224 valence electrons. The van der Waals surface area contributed by atoms with Crippen LogP contribution in [0.4, 0.5) is 5.69 Å². The lowest BCUT2D eigenvalue weighted by Gasteiger charge is -2.22. The van der Waals surface area contributed by atoms with Gasteiger partial charge >= 0.3 is 11.8 Å². The summed E-state index contributed by atoms with van der Waals surface area (Å²) in [5.41, 5.74) is 3.13. The van der Waals surface area contributed by atoms with Gasteiger partial charge in [0.05, 0.1) is 34.3 Å². The van der Waals surface area contributed by atoms with Gasteiger partial charge in [-0.25, -0.2) is 13.8 Å². The SMILES string of the molecule is CCOc1ccc(NC(=O)C(=O)N/N=C/c2ccc(CN(Cc3ccc(Cl)c(Cl)c3)S(=O)(=O)c3ccc(Cl)cc3)o2)cc1. The molecule has 0 radical (unpaired) electrons. The minimum atomic E-state index is -4.00. The zero-order valence-corrected chi connectivity index (χ0v) is 25.7. The van der Waals surface area contributed by atoms with Gasteiger partial charge in [0, 0.05) is 17.3 Å². The van der Waals surface area contributed by atoms with E-state index in [0.717, 1.165) is 0 Å². The Morgan fingerprint density at radius 3 is 2.30 bits per heavy atom. The summed E-state index contributed by atoms with van der Waals surface area (Å²) in [7, 11) is -4.00. The van der Waals surface area contributed by atoms with Gasteiger partial charge in [-0.2, -0.15) is 9.41 Å². The number of hydrogen-bond donors (Lipinski definition) is 2. The van der Waals surface area contributed by atoms with Crippen LogP contribution in [0.15, 0.2) is 93.3 Å². The quantitative estimate of drug-likeness (QED) is 0.113. The van der Waals surface area contributed by atoms with Crippen molar-refractivity contribution in [3.63, 3.8) is 0 Å². The smallest absolute Gasteiger partial charge is 0.329 e. The molecule has 0 aliphatic heterocycles. The number of hydrazone groups is 1. The molecule has 14 heteroatoms. The number of nitrogens with zero attached hydrogens (tertiary/aromatic N) is 2. The third-order valence-corrected chi connectivity index (χ3v) is 8.59. The van der Waals surface area contributed by atoms with Crippen LogP contribution < -0.4 is 15.5 Å². The molecule has 2 amide bonds. The maximum Gasteiger partial charge on any atom is 0.329 e. The Hall–Kier alpha value is -3.87. The van der Waals surface area contributed by atoms with Crippen molar-refractivity contribution in [3.05, 3.63) is 111 Å². The first-order valence-electron chi connectivity index (χ1n) is 12.7. The van der Waals surface area contributed by atoms with Crippen molar-refractivity contribution < 1.29 is 27.2 Å². The second-order valence-corrected chi connectivity index (χ2v) is 12.1. The van der Waals surface area contributed by atoms with Crippen LogP contribution in [0.3, 0.4) is 0 Å². The fourth-order valence-corrected chi connectivity index (χ4v) is 5.58. The lowest BCUT2D eigenvalue weighted by Crippen LogP contribution is -2.32. The molecule has 2 N–H and O–H groups in total. The fraction of sp³-hybridized carbons (Fsp3) is 0.138. The number of amides is 2. The first-order chi connectivity index (χ1) is 20.5. The van der Waals surface area contributed by atoms with Crippen LogP contribution in [-0.2, 0) is 32.7 Å². The van der Waals surface area contributed by atoms with Gasteiger partial charge in [-0.05, 0) is 85.3 Å². The van der Waals surface area contributed by atoms with Gasteiger partial charge in [0.2, 0.25) is 10.0 Å². The molecule has 0 saturated heterocycles. The number of carbonyl (C=O) groups is 2. The van der Waals surface area contributed by atoms with E-state index in [1.807, 2.05) is 6.92 Å². The summed E-state index contributed by atoms with van der Waals surface area (Å²) in [5.74, 6) is -0.794. The number of hydrogen-bond acceptors (Lipinski definition) is 7. The van der Waals surface area contributed by atoms with Crippen molar-refractivity contribution in [1.82, 2.24) is 9.73 Å². The second-order valence-electron chi connectivity index (χ2n) is 8.89. The molecule has 0 aliphatic carbocycles. The summed E-state index contributed by atoms with van der Waals surface area (Å²) >= 11 is 18.1. The van der Waals surface area contributed by atoms with Gasteiger partial charge in [0.25, 0.3) is 0 Å². The minimum Gasteiger partial charge on any atom is -0.494 e. The minimum absolute atomic E-state index is 0.0362. The van der Waals surface area contributed by atoms with E-state index >= 15 is 0 Å². The largest absolute Gasteiger partial charge is 0.494 e. The predicted molar refractivity (Wildman–Crippen MR) is 165 cm³/mol. The van der Waals surface area contributed by atoms with Gasteiger partial charge < -0.3 is 14.5 Å². The molecule has 0 spiro atoms. The highest BCUT2D eigenvalue weighted by molar-refractivity contribution is 7.89. The number of furan rings is 1. The molecule has 43 heavy (non-hydrogen) atoms. The molecule has 1 aromatic heterocycles. The Kier molecular flexibility index (Phi) is 10.8. The van der Waals surface area contributed by atoms with Crippen LogP contribution in [0.2, 0.25) is 15.1 Å². The van der Waals surface area contributed by atoms with Gasteiger partial charge in [0.15, 0.2) is 0 Å². The third-order valence-electron chi connectivity index (χ3n) is 5.80. The Morgan fingerprint density at radius 2 is 1.63 bits per heavy atom. The van der Waals surface area contributed by atoms with E-state index in [0.29, 0.717) is 39.4 Å². The van der Waals surface area contributed by atoms with Crippen molar-refractivity contribution in [3.8, 4) is 5.75 Å². The zero-order valence-electron chi connectivity index (χ0n) is 22.6. The molecular weight excluding hydrogens is 639 g/mol. The topological polar surface area (TPSA) is 130 Å². The molecule has 0 saturated carbocycles. The third kappa shape index (κ3) is 8.82. The number of rotatable bonds is 11. The Labute approximate surface area is 263 Å². The van der Waals surface area contributed by atoms with Crippen LogP contribution in [-0.4, -0.2) is 37.4 Å². The number of halogens is 3. The van der Waals surface area contributed by atoms with Gasteiger partial charge in [-0.15, -0.1) is 0 Å². The number of anilines is 1. The Balaban J connectivity index is 1.42. The molecule has 0 atom stereocenters. The molecule has 3 aromatic carbocycles. The van der Waals surface area contributed by atoms with Crippen LogP contribution in [0.5, 0.6) is 5.75 Å². The van der Waals surface area contributed by atoms with E-state index < -0.39 is 21.8 Å². The highest BCUT2D eigenvalue weighted by Crippen LogP contribution is 2.27. The highest BCUT2D eigenvalue weighted by atomic mass is 35.5. The van der Waals surface area contributed by atoms with Gasteiger partial charge in [-0.1, -0.05) is 40.9 Å². The predicted octanol–water partition coefficient (Wildman–Crippen LogP) is 6.12. The normalized spacial score (nSPS) is 11.6. The monoisotopic (exact) mass is 662 g/mol. The van der Waals surface area contributed by atoms with E-state index in [1.54, 1.807) is 48.5 Å². The zero-order chi connectivity index (χ0) is 31.0. The first-order valence-corrected chi connectivity index (χ1v) is 15.3. The molecule has 0 bridgehead atoms. The van der Waals surface area contributed by atoms with Crippen LogP contribution in [0, 0.1) is 0 Å². The molecular formula is C29H25Cl3N4O6S. The van der Waals surface area contributed by atoms with E-state index in [-0.39, 0.29) is 28.8 Å². The number of ether oxygens (including phenoxy) is 1. The van der Waals surface area contributed by atoms with Gasteiger partial charge in [0.1, 0.15) is 17.3 Å². The lowest BCUT2D eigenvalue weighted by molar-refractivity contribution is -0.136. The summed E-state index contributed by atoms with van der Waals surface area (Å²) in [5, 5.41) is 7.23. The number of carbonyl (C=O) groups excluding carboxylic acids is 2. The molecule has 0 fully saturated rings. The van der Waals surface area contributed by atoms with Crippen molar-refractivity contribution in [2.24, 2.45) is 5.10 Å². The standard InChI is InChI=1S/C29H25Cl3N4O6S/c1-2-41-22-8-6-21(7-9-22)34-28(37)29(38)35-33-16-23-10-11-24(42-23)18-36(17-19-3-14-26(31)27(32)15-19)43(39,40)25-12-4-20(30)5-13-25/h3-16H,2,17-18H2,1H3,(H,34,37)(H,35,38)/b33-16+. The molecule has 1 heterocycles. The highest BCUT2D eigenvalue weighted by Gasteiger charge is 2.26. The number of benzene rings is 3. The van der Waals surface area contributed by atoms with Crippen molar-refractivity contribution in [1.29, 1.82) is 0 Å².